The minimum absolute atomic E-state index is 0.375. The molecule has 0 unspecified atom stereocenters. The number of ether oxygens (including phenoxy) is 1. The van der Waals surface area contributed by atoms with E-state index in [9.17, 15) is 4.79 Å². The van der Waals surface area contributed by atoms with E-state index in [1.807, 2.05) is 19.3 Å². The zero-order valence-corrected chi connectivity index (χ0v) is 9.68. The number of carbonyl (C=O) groups is 1. The van der Waals surface area contributed by atoms with Crippen molar-refractivity contribution in [2.45, 2.75) is 0 Å². The van der Waals surface area contributed by atoms with E-state index in [4.69, 9.17) is 5.73 Å². The first kappa shape index (κ1) is 11.2. The number of esters is 1. The van der Waals surface area contributed by atoms with Crippen molar-refractivity contribution in [2.75, 3.05) is 12.8 Å². The fraction of sp³-hybridized carbons (Fsp3) is 0.167. The Labute approximate surface area is 98.8 Å². The van der Waals surface area contributed by atoms with Crippen molar-refractivity contribution in [1.29, 1.82) is 0 Å². The molecular weight excluding hydrogens is 218 g/mol. The van der Waals surface area contributed by atoms with Gasteiger partial charge in [-0.25, -0.2) is 4.79 Å². The normalized spacial score (nSPS) is 10.2. The third-order valence-electron chi connectivity index (χ3n) is 2.50. The Bertz CT molecular complexity index is 561. The Kier molecular flexibility index (Phi) is 2.82. The number of methoxy groups -OCH3 is 1. The Morgan fingerprint density at radius 2 is 2.18 bits per heavy atom. The fourth-order valence-electron chi connectivity index (χ4n) is 1.61. The second kappa shape index (κ2) is 4.29. The van der Waals surface area contributed by atoms with Crippen molar-refractivity contribution in [3.63, 3.8) is 0 Å². The lowest BCUT2D eigenvalue weighted by Crippen LogP contribution is -2.05. The van der Waals surface area contributed by atoms with E-state index in [1.54, 1.807) is 23.0 Å². The third-order valence-corrected chi connectivity index (χ3v) is 2.50. The van der Waals surface area contributed by atoms with E-state index < -0.39 is 5.97 Å². The highest BCUT2D eigenvalue weighted by Crippen LogP contribution is 2.23. The van der Waals surface area contributed by atoms with Crippen LogP contribution in [-0.4, -0.2) is 22.9 Å². The number of hydrogen-bond donors (Lipinski definition) is 1. The van der Waals surface area contributed by atoms with Crippen LogP contribution in [0.2, 0.25) is 0 Å². The van der Waals surface area contributed by atoms with Crippen molar-refractivity contribution >= 4 is 11.7 Å². The smallest absolute Gasteiger partial charge is 0.339 e. The summed E-state index contributed by atoms with van der Waals surface area (Å²) in [4.78, 5) is 11.4. The van der Waals surface area contributed by atoms with Crippen molar-refractivity contribution in [1.82, 2.24) is 9.78 Å². The highest BCUT2D eigenvalue weighted by molar-refractivity contribution is 5.96. The highest BCUT2D eigenvalue weighted by atomic mass is 16.5. The van der Waals surface area contributed by atoms with Crippen LogP contribution in [0.4, 0.5) is 5.69 Å². The van der Waals surface area contributed by atoms with Crippen LogP contribution in [0, 0.1) is 0 Å². The van der Waals surface area contributed by atoms with E-state index in [0.717, 1.165) is 11.1 Å². The second-order valence-electron chi connectivity index (χ2n) is 3.70. The number of benzene rings is 1. The zero-order valence-electron chi connectivity index (χ0n) is 9.68. The average molecular weight is 231 g/mol. The maximum atomic E-state index is 11.4. The van der Waals surface area contributed by atoms with Crippen LogP contribution in [0.15, 0.2) is 30.6 Å². The highest BCUT2D eigenvalue weighted by Gasteiger charge is 2.11. The van der Waals surface area contributed by atoms with Gasteiger partial charge in [0, 0.05) is 24.5 Å². The summed E-state index contributed by atoms with van der Waals surface area (Å²) < 4.78 is 6.34. The van der Waals surface area contributed by atoms with Gasteiger partial charge in [0.05, 0.1) is 18.9 Å². The first-order valence-electron chi connectivity index (χ1n) is 5.08. The van der Waals surface area contributed by atoms with Crippen molar-refractivity contribution < 1.29 is 9.53 Å². The van der Waals surface area contributed by atoms with E-state index in [0.29, 0.717) is 11.3 Å². The first-order valence-corrected chi connectivity index (χ1v) is 5.08. The SMILES string of the molecule is COC(=O)c1ccc(-c2cnn(C)c2)cc1N. The summed E-state index contributed by atoms with van der Waals surface area (Å²) in [5, 5.41) is 4.08. The maximum Gasteiger partial charge on any atom is 0.339 e. The number of nitrogens with zero attached hydrogens (tertiary/aromatic N) is 2. The minimum atomic E-state index is -0.430. The van der Waals surface area contributed by atoms with Gasteiger partial charge < -0.3 is 10.5 Å². The molecule has 0 amide bonds. The lowest BCUT2D eigenvalue weighted by atomic mass is 10.1. The van der Waals surface area contributed by atoms with Crippen LogP contribution < -0.4 is 5.73 Å². The van der Waals surface area contributed by atoms with E-state index in [1.165, 1.54) is 7.11 Å². The Morgan fingerprint density at radius 1 is 1.41 bits per heavy atom. The number of hydrogen-bond acceptors (Lipinski definition) is 4. The quantitative estimate of drug-likeness (QED) is 0.627. The van der Waals surface area contributed by atoms with Crippen LogP contribution in [0.25, 0.3) is 11.1 Å². The molecule has 5 nitrogen and oxygen atoms in total. The average Bonchev–Trinajstić information content (AvgIpc) is 2.75. The van der Waals surface area contributed by atoms with Crippen LogP contribution in [0.5, 0.6) is 0 Å². The molecule has 1 aromatic carbocycles. The second-order valence-corrected chi connectivity index (χ2v) is 3.70. The Morgan fingerprint density at radius 3 is 2.71 bits per heavy atom. The minimum Gasteiger partial charge on any atom is -0.465 e. The van der Waals surface area contributed by atoms with E-state index >= 15 is 0 Å². The van der Waals surface area contributed by atoms with Gasteiger partial charge in [-0.15, -0.1) is 0 Å². The summed E-state index contributed by atoms with van der Waals surface area (Å²) in [5.74, 6) is -0.430. The molecule has 88 valence electrons. The van der Waals surface area contributed by atoms with Gasteiger partial charge in [0.15, 0.2) is 0 Å². The van der Waals surface area contributed by atoms with Crippen LogP contribution in [0.3, 0.4) is 0 Å². The van der Waals surface area contributed by atoms with Gasteiger partial charge in [-0.1, -0.05) is 6.07 Å². The van der Waals surface area contributed by atoms with Crippen molar-refractivity contribution in [3.8, 4) is 11.1 Å². The standard InChI is InChI=1S/C12H13N3O2/c1-15-7-9(6-14-15)8-3-4-10(11(13)5-8)12(16)17-2/h3-7H,13H2,1-2H3. The predicted molar refractivity (Wildman–Crippen MR) is 64.4 cm³/mol. The number of nitrogens with two attached hydrogens (primary N) is 1. The fourth-order valence-corrected chi connectivity index (χ4v) is 1.61. The molecule has 0 aliphatic heterocycles. The van der Waals surface area contributed by atoms with Crippen LogP contribution >= 0.6 is 0 Å². The topological polar surface area (TPSA) is 70.1 Å². The lowest BCUT2D eigenvalue weighted by Gasteiger charge is -2.05. The van der Waals surface area contributed by atoms with Crippen LogP contribution in [0.1, 0.15) is 10.4 Å². The van der Waals surface area contributed by atoms with Gasteiger partial charge in [-0.3, -0.25) is 4.68 Å². The van der Waals surface area contributed by atoms with Gasteiger partial charge >= 0.3 is 5.97 Å². The summed E-state index contributed by atoms with van der Waals surface area (Å²) in [6, 6.07) is 5.21. The molecule has 2 aromatic rings. The van der Waals surface area contributed by atoms with Gasteiger partial charge in [0.2, 0.25) is 0 Å². The predicted octanol–water partition coefficient (Wildman–Crippen LogP) is 1.46. The van der Waals surface area contributed by atoms with Gasteiger partial charge in [-0.05, 0) is 17.7 Å². The van der Waals surface area contributed by atoms with Crippen LogP contribution in [-0.2, 0) is 11.8 Å². The number of aromatic nitrogens is 2. The molecule has 5 heteroatoms. The number of carbonyl (C=O) groups excluding carboxylic acids is 1. The molecule has 0 saturated heterocycles. The summed E-state index contributed by atoms with van der Waals surface area (Å²) in [5.41, 5.74) is 8.46. The number of nitrogen functional groups attached to an aromatic ring is 1. The molecule has 0 radical (unpaired) electrons. The number of aryl methyl sites for hydroxylation is 1. The molecule has 1 aromatic heterocycles. The largest absolute Gasteiger partial charge is 0.465 e. The molecular formula is C12H13N3O2. The van der Waals surface area contributed by atoms with Crippen molar-refractivity contribution in [2.24, 2.45) is 7.05 Å². The lowest BCUT2D eigenvalue weighted by molar-refractivity contribution is 0.0602. The Balaban J connectivity index is 2.40. The molecule has 0 aliphatic carbocycles. The molecule has 1 heterocycles. The van der Waals surface area contributed by atoms with Gasteiger partial charge in [0.1, 0.15) is 0 Å². The molecule has 0 aliphatic rings. The van der Waals surface area contributed by atoms with Gasteiger partial charge in [-0.2, -0.15) is 5.10 Å². The summed E-state index contributed by atoms with van der Waals surface area (Å²) in [6.07, 6.45) is 3.62. The molecule has 0 saturated carbocycles. The van der Waals surface area contributed by atoms with Gasteiger partial charge in [0.25, 0.3) is 0 Å². The molecule has 0 fully saturated rings. The molecule has 2 N–H and O–H groups in total. The van der Waals surface area contributed by atoms with E-state index in [-0.39, 0.29) is 0 Å². The summed E-state index contributed by atoms with van der Waals surface area (Å²) >= 11 is 0. The summed E-state index contributed by atoms with van der Waals surface area (Å²) in [7, 11) is 3.17. The maximum absolute atomic E-state index is 11.4. The van der Waals surface area contributed by atoms with E-state index in [2.05, 4.69) is 9.84 Å². The molecule has 0 bridgehead atoms. The number of rotatable bonds is 2. The first-order chi connectivity index (χ1) is 8.11. The third kappa shape index (κ3) is 2.13. The molecule has 17 heavy (non-hydrogen) atoms. The summed E-state index contributed by atoms with van der Waals surface area (Å²) in [6.45, 7) is 0. The Hall–Kier alpha value is -2.30. The molecule has 0 spiro atoms. The number of anilines is 1. The molecule has 0 atom stereocenters. The zero-order chi connectivity index (χ0) is 12.4. The monoisotopic (exact) mass is 231 g/mol. The van der Waals surface area contributed by atoms with Crippen molar-refractivity contribution in [3.05, 3.63) is 36.2 Å². The molecule has 2 rings (SSSR count).